The lowest BCUT2D eigenvalue weighted by Crippen LogP contribution is -2.51. The van der Waals surface area contributed by atoms with Crippen molar-refractivity contribution >= 4 is 16.8 Å². The molecular weight excluding hydrogens is 474 g/mol. The third kappa shape index (κ3) is 4.74. The Kier molecular flexibility index (Phi) is 7.17. The summed E-state index contributed by atoms with van der Waals surface area (Å²) in [6, 6.07) is 6.17. The summed E-state index contributed by atoms with van der Waals surface area (Å²) in [6.07, 6.45) is 12.6. The second-order valence-electron chi connectivity index (χ2n) is 13.8. The number of Topliss-reactive ketones (excluding diaryl/α,β-unsaturated/α-hetero) is 1. The van der Waals surface area contributed by atoms with Crippen LogP contribution in [0.2, 0.25) is 0 Å². The van der Waals surface area contributed by atoms with Gasteiger partial charge in [0.2, 0.25) is 0 Å². The zero-order chi connectivity index (χ0) is 26.5. The van der Waals surface area contributed by atoms with Crippen molar-refractivity contribution in [3.63, 3.8) is 0 Å². The van der Waals surface area contributed by atoms with E-state index in [-0.39, 0.29) is 11.3 Å². The Hall–Kier alpha value is -1.79. The summed E-state index contributed by atoms with van der Waals surface area (Å²) in [5, 5.41) is 19.5. The van der Waals surface area contributed by atoms with Crippen LogP contribution in [0.5, 0.6) is 0 Å². The van der Waals surface area contributed by atoms with Crippen molar-refractivity contribution in [2.24, 2.45) is 40.9 Å². The number of ketones is 1. The van der Waals surface area contributed by atoms with Gasteiger partial charge in [0, 0.05) is 12.5 Å². The Bertz CT molecular complexity index is 1160. The molecule has 0 aliphatic heterocycles. The van der Waals surface area contributed by atoms with Crippen LogP contribution in [0, 0.1) is 40.9 Å². The maximum Gasteiger partial charge on any atom is 0.157 e. The molecule has 1 aromatic heterocycles. The van der Waals surface area contributed by atoms with Gasteiger partial charge in [0.25, 0.3) is 0 Å². The molecule has 6 nitrogen and oxygen atoms in total. The van der Waals surface area contributed by atoms with E-state index >= 15 is 0 Å². The molecule has 6 heteroatoms. The number of nitrogens with zero attached hydrogens (tertiary/aromatic N) is 3. The van der Waals surface area contributed by atoms with E-state index in [1.54, 1.807) is 0 Å². The normalized spacial score (nSPS) is 38.5. The van der Waals surface area contributed by atoms with Crippen LogP contribution in [0.1, 0.15) is 97.0 Å². The second kappa shape index (κ2) is 10.3. The average molecular weight is 522 g/mol. The Morgan fingerprint density at radius 3 is 2.76 bits per heavy atom. The summed E-state index contributed by atoms with van der Waals surface area (Å²) in [5.74, 6) is 4.20. The number of carbonyl (C=O) groups is 1. The van der Waals surface area contributed by atoms with Crippen LogP contribution in [-0.4, -0.2) is 38.1 Å². The predicted octanol–water partition coefficient (Wildman–Crippen LogP) is 6.34. The summed E-state index contributed by atoms with van der Waals surface area (Å²) in [4.78, 5) is 13.8. The summed E-state index contributed by atoms with van der Waals surface area (Å²) in [5.41, 5.74) is 2.53. The Morgan fingerprint density at radius 2 is 1.92 bits per heavy atom. The van der Waals surface area contributed by atoms with Crippen molar-refractivity contribution in [2.45, 2.75) is 110 Å². The lowest BCUT2D eigenvalue weighted by molar-refractivity contribution is -0.133. The number of carbonyl (C=O) groups excluding carboxylic acids is 1. The minimum absolute atomic E-state index is 0.116. The topological polar surface area (TPSA) is 77.2 Å². The van der Waals surface area contributed by atoms with Crippen LogP contribution in [0.25, 0.3) is 11.0 Å². The number of aliphatic hydroxyl groups is 1. The highest BCUT2D eigenvalue weighted by molar-refractivity contribution is 5.84. The van der Waals surface area contributed by atoms with Gasteiger partial charge >= 0.3 is 0 Å². The summed E-state index contributed by atoms with van der Waals surface area (Å²) in [6.45, 7) is 8.34. The number of rotatable bonds is 8. The summed E-state index contributed by atoms with van der Waals surface area (Å²) < 4.78 is 7.59. The van der Waals surface area contributed by atoms with Gasteiger partial charge in [-0.15, -0.1) is 5.10 Å². The molecule has 0 amide bonds. The molecule has 1 heterocycles. The van der Waals surface area contributed by atoms with Crippen LogP contribution in [0.15, 0.2) is 18.2 Å². The Labute approximate surface area is 227 Å². The van der Waals surface area contributed by atoms with Crippen LogP contribution in [0.3, 0.4) is 0 Å². The highest BCUT2D eigenvalue weighted by Gasteiger charge is 2.58. The minimum atomic E-state index is -0.461. The van der Waals surface area contributed by atoms with Crippen LogP contribution in [0.4, 0.5) is 0 Å². The fourth-order valence-corrected chi connectivity index (χ4v) is 9.53. The van der Waals surface area contributed by atoms with E-state index in [1.165, 1.54) is 38.5 Å². The molecule has 38 heavy (non-hydrogen) atoms. The van der Waals surface area contributed by atoms with Gasteiger partial charge in [-0.2, -0.15) is 0 Å². The fraction of sp³-hybridized carbons (Fsp3) is 0.781. The van der Waals surface area contributed by atoms with Gasteiger partial charge in [-0.25, -0.2) is 4.68 Å². The van der Waals surface area contributed by atoms with Gasteiger partial charge in [-0.3, -0.25) is 4.79 Å². The molecule has 0 unspecified atom stereocenters. The molecular formula is C32H47N3O3. The van der Waals surface area contributed by atoms with Crippen LogP contribution >= 0.6 is 0 Å². The van der Waals surface area contributed by atoms with E-state index in [1.807, 2.05) is 23.7 Å². The zero-order valence-electron chi connectivity index (χ0n) is 23.7. The van der Waals surface area contributed by atoms with Gasteiger partial charge in [0.1, 0.15) is 12.1 Å². The van der Waals surface area contributed by atoms with E-state index in [0.29, 0.717) is 30.8 Å². The lowest BCUT2D eigenvalue weighted by Gasteiger charge is -2.56. The van der Waals surface area contributed by atoms with Crippen molar-refractivity contribution in [1.29, 1.82) is 0 Å². The van der Waals surface area contributed by atoms with Crippen molar-refractivity contribution in [3.05, 3.63) is 23.8 Å². The summed E-state index contributed by atoms with van der Waals surface area (Å²) in [7, 11) is 0. The maximum absolute atomic E-state index is 13.8. The maximum atomic E-state index is 13.8. The van der Waals surface area contributed by atoms with Gasteiger partial charge < -0.3 is 9.84 Å². The molecule has 4 saturated carbocycles. The highest BCUT2D eigenvalue weighted by atomic mass is 16.5. The standard InChI is InChI=1S/C32H47N3O3/c1-4-5-16-38-20-21-6-11-29-28(17-21)33-34-35(29)19-30(36)27-10-9-26-25-8-7-22-18-31(2,37)14-12-23(22)24(25)13-15-32(26,27)3/h6,11,17,22-27,37H,4-5,7-10,12-16,18-20H2,1-3H3/t22-,23-,24+,25+,26-,27+,31+,32-/m0/s1. The predicted molar refractivity (Wildman–Crippen MR) is 148 cm³/mol. The number of unbranched alkanes of at least 4 members (excludes halogenated alkanes) is 1. The van der Waals surface area contributed by atoms with Gasteiger partial charge in [0.15, 0.2) is 5.78 Å². The van der Waals surface area contributed by atoms with E-state index in [2.05, 4.69) is 30.2 Å². The fourth-order valence-electron chi connectivity index (χ4n) is 9.53. The highest BCUT2D eigenvalue weighted by Crippen LogP contribution is 2.64. The van der Waals surface area contributed by atoms with E-state index in [9.17, 15) is 9.90 Å². The minimum Gasteiger partial charge on any atom is -0.390 e. The molecule has 208 valence electrons. The lowest BCUT2D eigenvalue weighted by atomic mass is 9.49. The van der Waals surface area contributed by atoms with E-state index in [4.69, 9.17) is 4.74 Å². The Balaban J connectivity index is 1.12. The van der Waals surface area contributed by atoms with Crippen LogP contribution < -0.4 is 0 Å². The molecule has 6 rings (SSSR count). The third-order valence-electron chi connectivity index (χ3n) is 11.4. The monoisotopic (exact) mass is 521 g/mol. The molecule has 4 fully saturated rings. The van der Waals surface area contributed by atoms with E-state index < -0.39 is 5.60 Å². The third-order valence-corrected chi connectivity index (χ3v) is 11.4. The Morgan fingerprint density at radius 1 is 1.08 bits per heavy atom. The first-order valence-corrected chi connectivity index (χ1v) is 15.4. The molecule has 4 aliphatic carbocycles. The molecule has 0 bridgehead atoms. The summed E-state index contributed by atoms with van der Waals surface area (Å²) >= 11 is 0. The molecule has 1 N–H and O–H groups in total. The van der Waals surface area contributed by atoms with Crippen molar-refractivity contribution in [2.75, 3.05) is 6.61 Å². The van der Waals surface area contributed by atoms with E-state index in [0.717, 1.165) is 73.1 Å². The number of hydrogen-bond acceptors (Lipinski definition) is 5. The molecule has 2 aromatic rings. The van der Waals surface area contributed by atoms with Crippen molar-refractivity contribution in [1.82, 2.24) is 15.0 Å². The van der Waals surface area contributed by atoms with Gasteiger partial charge in [-0.1, -0.05) is 31.5 Å². The quantitative estimate of drug-likeness (QED) is 0.410. The number of ether oxygens (including phenoxy) is 1. The number of benzene rings is 1. The second-order valence-corrected chi connectivity index (χ2v) is 13.8. The average Bonchev–Trinajstić information content (AvgIpc) is 3.46. The first-order valence-electron chi connectivity index (χ1n) is 15.4. The number of fused-ring (bicyclic) bond motifs is 6. The molecule has 8 atom stereocenters. The molecule has 0 spiro atoms. The SMILES string of the molecule is CCCCOCc1ccc2c(c1)nnn2CC(=O)[C@H]1CC[C@H]2[C@@H]3CC[C@H]4C[C@](C)(O)CC[C@@H]4[C@H]3CC[C@]12C. The first kappa shape index (κ1) is 26.4. The molecule has 0 radical (unpaired) electrons. The van der Waals surface area contributed by atoms with Crippen molar-refractivity contribution in [3.8, 4) is 0 Å². The molecule has 1 aromatic carbocycles. The molecule has 4 aliphatic rings. The molecule has 0 saturated heterocycles. The zero-order valence-corrected chi connectivity index (χ0v) is 23.7. The van der Waals surface area contributed by atoms with Gasteiger partial charge in [0.05, 0.1) is 17.7 Å². The van der Waals surface area contributed by atoms with Crippen molar-refractivity contribution < 1.29 is 14.6 Å². The number of hydrogen-bond donors (Lipinski definition) is 1. The smallest absolute Gasteiger partial charge is 0.157 e. The largest absolute Gasteiger partial charge is 0.390 e. The number of aromatic nitrogens is 3. The van der Waals surface area contributed by atoms with Crippen LogP contribution in [-0.2, 0) is 22.7 Å². The van der Waals surface area contributed by atoms with Gasteiger partial charge in [-0.05, 0) is 124 Å². The first-order chi connectivity index (χ1) is 18.3.